The van der Waals surface area contributed by atoms with Gasteiger partial charge in [-0.3, -0.25) is 0 Å². The van der Waals surface area contributed by atoms with Crippen LogP contribution < -0.4 is 0 Å². The fourth-order valence-electron chi connectivity index (χ4n) is 1.48. The molecule has 0 atom stereocenters. The molecule has 1 rings (SSSR count). The average Bonchev–Trinajstić information content (AvgIpc) is 1.93. The van der Waals surface area contributed by atoms with Crippen molar-refractivity contribution in [2.45, 2.75) is 26.2 Å². The fraction of sp³-hybridized carbons (Fsp3) is 0.800. The minimum Gasteiger partial charge on any atom is -0.302 e. The number of hydrogen-bond donors (Lipinski definition) is 0. The highest BCUT2D eigenvalue weighted by atomic mass is 15.1. The van der Waals surface area contributed by atoms with Crippen molar-refractivity contribution in [3.63, 3.8) is 0 Å². The third kappa shape index (κ3) is 3.06. The Bertz CT molecular complexity index is 125. The zero-order chi connectivity index (χ0) is 8.10. The van der Waals surface area contributed by atoms with Crippen LogP contribution in [0.25, 0.3) is 0 Å². The van der Waals surface area contributed by atoms with Crippen molar-refractivity contribution in [2.24, 2.45) is 5.92 Å². The maximum absolute atomic E-state index is 2.41. The van der Waals surface area contributed by atoms with Crippen LogP contribution in [0.3, 0.4) is 0 Å². The lowest BCUT2D eigenvalue weighted by Crippen LogP contribution is -2.29. The predicted octanol–water partition coefficient (Wildman–Crippen LogP) is 2.29. The third-order valence-electron chi connectivity index (χ3n) is 2.45. The van der Waals surface area contributed by atoms with Crippen LogP contribution in [0.5, 0.6) is 0 Å². The second-order valence-electron chi connectivity index (χ2n) is 3.59. The summed E-state index contributed by atoms with van der Waals surface area (Å²) in [5.74, 6) is 1.00. The third-order valence-corrected chi connectivity index (χ3v) is 2.45. The monoisotopic (exact) mass is 153 g/mol. The zero-order valence-electron chi connectivity index (χ0n) is 7.71. The molecule has 1 nitrogen and oxygen atoms in total. The van der Waals surface area contributed by atoms with Crippen molar-refractivity contribution in [2.75, 3.05) is 20.1 Å². The number of hydrogen-bond acceptors (Lipinski definition) is 1. The van der Waals surface area contributed by atoms with Crippen LogP contribution in [0.15, 0.2) is 12.2 Å². The second-order valence-corrected chi connectivity index (χ2v) is 3.59. The summed E-state index contributed by atoms with van der Waals surface area (Å²) >= 11 is 0. The van der Waals surface area contributed by atoms with E-state index < -0.39 is 0 Å². The molecule has 0 saturated heterocycles. The zero-order valence-corrected chi connectivity index (χ0v) is 7.71. The molecule has 0 aromatic carbocycles. The van der Waals surface area contributed by atoms with Gasteiger partial charge in [-0.15, -0.1) is 0 Å². The van der Waals surface area contributed by atoms with Crippen molar-refractivity contribution in [3.8, 4) is 0 Å². The SMILES string of the molecule is C/C=C/CN(C)CC1CCC1. The van der Waals surface area contributed by atoms with Crippen LogP contribution in [0.4, 0.5) is 0 Å². The highest BCUT2D eigenvalue weighted by Gasteiger charge is 2.18. The van der Waals surface area contributed by atoms with Gasteiger partial charge in [0.15, 0.2) is 0 Å². The molecule has 0 aromatic heterocycles. The Balaban J connectivity index is 2.04. The molecule has 1 heteroatoms. The van der Waals surface area contributed by atoms with E-state index in [0.29, 0.717) is 0 Å². The molecule has 0 aromatic rings. The van der Waals surface area contributed by atoms with Crippen molar-refractivity contribution in [1.82, 2.24) is 4.90 Å². The molecular formula is C10H19N. The van der Waals surface area contributed by atoms with Crippen molar-refractivity contribution in [1.29, 1.82) is 0 Å². The van der Waals surface area contributed by atoms with Gasteiger partial charge in [0.05, 0.1) is 0 Å². The molecule has 0 heterocycles. The number of nitrogens with zero attached hydrogens (tertiary/aromatic N) is 1. The normalized spacial score (nSPS) is 19.5. The number of likely N-dealkylation sites (N-methyl/N-ethyl adjacent to an activating group) is 1. The van der Waals surface area contributed by atoms with Gasteiger partial charge < -0.3 is 4.90 Å². The van der Waals surface area contributed by atoms with Crippen LogP contribution in [-0.2, 0) is 0 Å². The second kappa shape index (κ2) is 4.55. The summed E-state index contributed by atoms with van der Waals surface area (Å²) in [5, 5.41) is 0. The standard InChI is InChI=1S/C10H19N/c1-3-4-8-11(2)9-10-6-5-7-10/h3-4,10H,5-9H2,1-2H3/b4-3+. The molecule has 1 fully saturated rings. The first-order valence-corrected chi connectivity index (χ1v) is 4.62. The van der Waals surface area contributed by atoms with E-state index in [4.69, 9.17) is 0 Å². The quantitative estimate of drug-likeness (QED) is 0.560. The van der Waals surface area contributed by atoms with Gasteiger partial charge in [-0.25, -0.2) is 0 Å². The van der Waals surface area contributed by atoms with E-state index in [1.165, 1.54) is 25.8 Å². The van der Waals surface area contributed by atoms with E-state index in [1.807, 2.05) is 0 Å². The largest absolute Gasteiger partial charge is 0.302 e. The number of allylic oxidation sites excluding steroid dienone is 1. The van der Waals surface area contributed by atoms with E-state index >= 15 is 0 Å². The molecule has 0 N–H and O–H groups in total. The van der Waals surface area contributed by atoms with E-state index in [0.717, 1.165) is 12.5 Å². The van der Waals surface area contributed by atoms with Crippen molar-refractivity contribution in [3.05, 3.63) is 12.2 Å². The fourth-order valence-corrected chi connectivity index (χ4v) is 1.48. The summed E-state index contributed by atoms with van der Waals surface area (Å²) < 4.78 is 0. The molecule has 11 heavy (non-hydrogen) atoms. The van der Waals surface area contributed by atoms with Gasteiger partial charge >= 0.3 is 0 Å². The number of rotatable bonds is 4. The Morgan fingerprint density at radius 1 is 1.45 bits per heavy atom. The lowest BCUT2D eigenvalue weighted by Gasteiger charge is -2.29. The van der Waals surface area contributed by atoms with E-state index in [9.17, 15) is 0 Å². The van der Waals surface area contributed by atoms with Crippen molar-refractivity contribution < 1.29 is 0 Å². The molecule has 0 aliphatic heterocycles. The summed E-state index contributed by atoms with van der Waals surface area (Å²) in [6.45, 7) is 4.49. The lowest BCUT2D eigenvalue weighted by atomic mass is 9.85. The van der Waals surface area contributed by atoms with Crippen LogP contribution in [0.2, 0.25) is 0 Å². The Kier molecular flexibility index (Phi) is 3.64. The van der Waals surface area contributed by atoms with E-state index in [2.05, 4.69) is 31.0 Å². The van der Waals surface area contributed by atoms with Gasteiger partial charge in [0.2, 0.25) is 0 Å². The van der Waals surface area contributed by atoms with Gasteiger partial charge in [0.25, 0.3) is 0 Å². The first kappa shape index (κ1) is 8.79. The highest BCUT2D eigenvalue weighted by molar-refractivity contribution is 4.81. The van der Waals surface area contributed by atoms with Crippen LogP contribution in [0.1, 0.15) is 26.2 Å². The van der Waals surface area contributed by atoms with Crippen LogP contribution in [-0.4, -0.2) is 25.0 Å². The maximum atomic E-state index is 2.41. The molecule has 0 unspecified atom stereocenters. The summed E-state index contributed by atoms with van der Waals surface area (Å²) in [7, 11) is 2.21. The molecule has 0 amide bonds. The minimum atomic E-state index is 1.00. The Morgan fingerprint density at radius 2 is 2.18 bits per heavy atom. The molecule has 0 spiro atoms. The summed E-state index contributed by atoms with van der Waals surface area (Å²) in [6.07, 6.45) is 8.72. The minimum absolute atomic E-state index is 1.00. The highest BCUT2D eigenvalue weighted by Crippen LogP contribution is 2.26. The first-order chi connectivity index (χ1) is 5.33. The van der Waals surface area contributed by atoms with E-state index in [-0.39, 0.29) is 0 Å². The van der Waals surface area contributed by atoms with Crippen molar-refractivity contribution >= 4 is 0 Å². The maximum Gasteiger partial charge on any atom is 0.0160 e. The van der Waals surface area contributed by atoms with Gasteiger partial charge in [0, 0.05) is 13.1 Å². The van der Waals surface area contributed by atoms with Gasteiger partial charge in [-0.2, -0.15) is 0 Å². The molecule has 1 aliphatic rings. The van der Waals surface area contributed by atoms with Crippen LogP contribution in [0, 0.1) is 5.92 Å². The Hall–Kier alpha value is -0.300. The summed E-state index contributed by atoms with van der Waals surface area (Å²) in [4.78, 5) is 2.41. The van der Waals surface area contributed by atoms with E-state index in [1.54, 1.807) is 0 Å². The van der Waals surface area contributed by atoms with Gasteiger partial charge in [-0.05, 0) is 32.7 Å². The Labute approximate surface area is 70.1 Å². The predicted molar refractivity (Wildman–Crippen MR) is 49.7 cm³/mol. The average molecular weight is 153 g/mol. The molecule has 1 saturated carbocycles. The molecule has 0 bridgehead atoms. The first-order valence-electron chi connectivity index (χ1n) is 4.62. The molecule has 0 radical (unpaired) electrons. The molecular weight excluding hydrogens is 134 g/mol. The summed E-state index contributed by atoms with van der Waals surface area (Å²) in [6, 6.07) is 0. The molecule has 64 valence electrons. The lowest BCUT2D eigenvalue weighted by molar-refractivity contribution is 0.218. The Morgan fingerprint density at radius 3 is 2.64 bits per heavy atom. The van der Waals surface area contributed by atoms with Gasteiger partial charge in [-0.1, -0.05) is 18.6 Å². The topological polar surface area (TPSA) is 3.24 Å². The summed E-state index contributed by atoms with van der Waals surface area (Å²) in [5.41, 5.74) is 0. The van der Waals surface area contributed by atoms with Crippen LogP contribution >= 0.6 is 0 Å². The van der Waals surface area contributed by atoms with Gasteiger partial charge in [0.1, 0.15) is 0 Å². The smallest absolute Gasteiger partial charge is 0.0160 e. The molecule has 1 aliphatic carbocycles.